The first-order chi connectivity index (χ1) is 15.3. The van der Waals surface area contributed by atoms with E-state index in [-0.39, 0.29) is 43.0 Å². The first-order valence-electron chi connectivity index (χ1n) is 11.2. The van der Waals surface area contributed by atoms with Crippen LogP contribution in [-0.2, 0) is 25.0 Å². The van der Waals surface area contributed by atoms with Crippen LogP contribution >= 0.6 is 0 Å². The van der Waals surface area contributed by atoms with E-state index in [9.17, 15) is 22.8 Å². The van der Waals surface area contributed by atoms with Gasteiger partial charge in [0.15, 0.2) is 15.4 Å². The van der Waals surface area contributed by atoms with Crippen molar-refractivity contribution in [2.24, 2.45) is 0 Å². The minimum absolute atomic E-state index is 0.0423. The van der Waals surface area contributed by atoms with E-state index in [1.807, 2.05) is 0 Å². The maximum Gasteiger partial charge on any atom is 0.325 e. The highest BCUT2D eigenvalue weighted by molar-refractivity contribution is 7.91. The molecule has 0 aromatic heterocycles. The number of urea groups is 1. The SMILES string of the molecule is O=C1N[C@]2(CCOc3ccccc32)C(=O)N1CC(=O)N(C1CCCC1)[C@@H]1CCS(=O)(=O)C1. The summed E-state index contributed by atoms with van der Waals surface area (Å²) in [7, 11) is -3.18. The smallest absolute Gasteiger partial charge is 0.325 e. The number of amides is 4. The van der Waals surface area contributed by atoms with Crippen LogP contribution in [-0.4, -0.2) is 72.8 Å². The third-order valence-corrected chi connectivity index (χ3v) is 8.91. The van der Waals surface area contributed by atoms with E-state index in [1.54, 1.807) is 29.2 Å². The molecule has 5 rings (SSSR count). The molecule has 1 aromatic rings. The Balaban J connectivity index is 1.40. The Hall–Kier alpha value is -2.62. The number of carbonyl (C=O) groups excluding carboxylic acids is 3. The van der Waals surface area contributed by atoms with Crippen molar-refractivity contribution < 1.29 is 27.5 Å². The van der Waals surface area contributed by atoms with E-state index in [4.69, 9.17) is 4.74 Å². The van der Waals surface area contributed by atoms with E-state index in [1.165, 1.54) is 0 Å². The third kappa shape index (κ3) is 3.44. The number of sulfone groups is 1. The lowest BCUT2D eigenvalue weighted by Gasteiger charge is -2.35. The second-order valence-corrected chi connectivity index (χ2v) is 11.3. The van der Waals surface area contributed by atoms with Gasteiger partial charge >= 0.3 is 6.03 Å². The average molecular weight is 462 g/mol. The van der Waals surface area contributed by atoms with Crippen LogP contribution in [0, 0.1) is 0 Å². The van der Waals surface area contributed by atoms with Gasteiger partial charge in [-0.15, -0.1) is 0 Å². The normalized spacial score (nSPS) is 29.1. The van der Waals surface area contributed by atoms with Gasteiger partial charge in [0.2, 0.25) is 5.91 Å². The standard InChI is InChI=1S/C22H27N3O6S/c26-19(25(15-5-1-2-6-15)16-9-12-32(29,30)14-16)13-24-20(27)22(23-21(24)28)10-11-31-18-8-4-3-7-17(18)22/h3-4,7-8,15-16H,1-2,5-6,9-14H2,(H,23,28)/t16-,22+/m1/s1. The highest BCUT2D eigenvalue weighted by Crippen LogP contribution is 2.41. The zero-order valence-electron chi connectivity index (χ0n) is 17.8. The number of carbonyl (C=O) groups is 3. The van der Waals surface area contributed by atoms with Gasteiger partial charge in [0, 0.05) is 24.1 Å². The molecule has 3 aliphatic heterocycles. The molecule has 0 unspecified atom stereocenters. The predicted octanol–water partition coefficient (Wildman–Crippen LogP) is 1.17. The summed E-state index contributed by atoms with van der Waals surface area (Å²) in [5.74, 6) is -0.262. The zero-order valence-corrected chi connectivity index (χ0v) is 18.6. The highest BCUT2D eigenvalue weighted by Gasteiger charge is 2.55. The molecule has 3 fully saturated rings. The number of nitrogens with zero attached hydrogens (tertiary/aromatic N) is 2. The Labute approximate surface area is 187 Å². The summed E-state index contributed by atoms with van der Waals surface area (Å²) in [5.41, 5.74) is -0.643. The molecule has 2 saturated heterocycles. The molecule has 4 aliphatic rings. The number of hydrogen-bond donors (Lipinski definition) is 1. The molecule has 4 amide bonds. The van der Waals surface area contributed by atoms with Gasteiger partial charge < -0.3 is 15.0 Å². The van der Waals surface area contributed by atoms with Gasteiger partial charge in [-0.1, -0.05) is 31.0 Å². The van der Waals surface area contributed by atoms with Crippen molar-refractivity contribution in [2.45, 2.75) is 56.1 Å². The lowest BCUT2D eigenvalue weighted by molar-refractivity contribution is -0.142. The second-order valence-electron chi connectivity index (χ2n) is 9.12. The molecule has 9 nitrogen and oxygen atoms in total. The van der Waals surface area contributed by atoms with Crippen molar-refractivity contribution in [3.63, 3.8) is 0 Å². The Bertz CT molecular complexity index is 1070. The number of nitrogens with one attached hydrogen (secondary N) is 1. The lowest BCUT2D eigenvalue weighted by atomic mass is 9.84. The largest absolute Gasteiger partial charge is 0.493 e. The molecule has 32 heavy (non-hydrogen) atoms. The van der Waals surface area contributed by atoms with Crippen molar-refractivity contribution in [3.8, 4) is 5.75 Å². The lowest BCUT2D eigenvalue weighted by Crippen LogP contribution is -2.52. The third-order valence-electron chi connectivity index (χ3n) is 7.16. The summed E-state index contributed by atoms with van der Waals surface area (Å²) < 4.78 is 29.8. The van der Waals surface area contributed by atoms with Crippen LogP contribution in [0.1, 0.15) is 44.1 Å². The molecule has 1 aliphatic carbocycles. The molecule has 1 aromatic carbocycles. The van der Waals surface area contributed by atoms with Crippen LogP contribution < -0.4 is 10.1 Å². The van der Waals surface area contributed by atoms with Gasteiger partial charge in [-0.2, -0.15) is 0 Å². The molecule has 0 bridgehead atoms. The van der Waals surface area contributed by atoms with Crippen molar-refractivity contribution in [2.75, 3.05) is 24.7 Å². The molecule has 1 spiro atoms. The number of para-hydroxylation sites is 1. The molecule has 172 valence electrons. The number of hydrogen-bond acceptors (Lipinski definition) is 6. The molecular weight excluding hydrogens is 434 g/mol. The van der Waals surface area contributed by atoms with E-state index in [2.05, 4.69) is 5.32 Å². The minimum atomic E-state index is -3.18. The maximum atomic E-state index is 13.5. The fraction of sp³-hybridized carbons (Fsp3) is 0.591. The van der Waals surface area contributed by atoms with Crippen molar-refractivity contribution in [1.29, 1.82) is 0 Å². The summed E-state index contributed by atoms with van der Waals surface area (Å²) in [6.45, 7) is -0.110. The topological polar surface area (TPSA) is 113 Å². The molecule has 2 atom stereocenters. The Morgan fingerprint density at radius 1 is 1.16 bits per heavy atom. The fourth-order valence-electron chi connectivity index (χ4n) is 5.62. The average Bonchev–Trinajstić information content (AvgIpc) is 3.46. The number of ether oxygens (including phenoxy) is 1. The van der Waals surface area contributed by atoms with Crippen LogP contribution in [0.15, 0.2) is 24.3 Å². The predicted molar refractivity (Wildman–Crippen MR) is 115 cm³/mol. The fourth-order valence-corrected chi connectivity index (χ4v) is 7.33. The Kier molecular flexibility index (Phi) is 5.15. The first-order valence-corrected chi connectivity index (χ1v) is 13.0. The number of fused-ring (bicyclic) bond motifs is 2. The van der Waals surface area contributed by atoms with Crippen molar-refractivity contribution >= 4 is 27.7 Å². The van der Waals surface area contributed by atoms with Gasteiger partial charge in [-0.25, -0.2) is 13.2 Å². The quantitative estimate of drug-likeness (QED) is 0.674. The Morgan fingerprint density at radius 2 is 1.91 bits per heavy atom. The van der Waals surface area contributed by atoms with Gasteiger partial charge in [0.25, 0.3) is 5.91 Å². The van der Waals surface area contributed by atoms with E-state index < -0.39 is 33.4 Å². The molecule has 1 saturated carbocycles. The molecule has 10 heteroatoms. The Morgan fingerprint density at radius 3 is 2.62 bits per heavy atom. The van der Waals surface area contributed by atoms with Gasteiger partial charge in [0.1, 0.15) is 12.3 Å². The summed E-state index contributed by atoms with van der Waals surface area (Å²) in [6.07, 6.45) is 4.29. The van der Waals surface area contributed by atoms with Crippen molar-refractivity contribution in [1.82, 2.24) is 15.1 Å². The van der Waals surface area contributed by atoms with Gasteiger partial charge in [-0.3, -0.25) is 14.5 Å². The maximum absolute atomic E-state index is 13.5. The number of benzene rings is 1. The van der Waals surface area contributed by atoms with Gasteiger partial charge in [0.05, 0.1) is 18.1 Å². The van der Waals surface area contributed by atoms with Gasteiger partial charge in [-0.05, 0) is 25.3 Å². The number of rotatable bonds is 4. The molecular formula is C22H27N3O6S. The van der Waals surface area contributed by atoms with Crippen LogP contribution in [0.5, 0.6) is 5.75 Å². The zero-order chi connectivity index (χ0) is 22.5. The van der Waals surface area contributed by atoms with Crippen LogP contribution in [0.2, 0.25) is 0 Å². The summed E-state index contributed by atoms with van der Waals surface area (Å²) in [6, 6.07) is 6.05. The van der Waals surface area contributed by atoms with E-state index in [0.29, 0.717) is 17.7 Å². The molecule has 0 radical (unpaired) electrons. The monoisotopic (exact) mass is 461 g/mol. The van der Waals surface area contributed by atoms with Crippen LogP contribution in [0.3, 0.4) is 0 Å². The van der Waals surface area contributed by atoms with E-state index >= 15 is 0 Å². The summed E-state index contributed by atoms with van der Waals surface area (Å²) in [5, 5.41) is 2.81. The van der Waals surface area contributed by atoms with Crippen molar-refractivity contribution in [3.05, 3.63) is 29.8 Å². The van der Waals surface area contributed by atoms with Crippen LogP contribution in [0.4, 0.5) is 4.79 Å². The molecule has 1 N–H and O–H groups in total. The summed E-state index contributed by atoms with van der Waals surface area (Å²) >= 11 is 0. The molecule has 3 heterocycles. The summed E-state index contributed by atoms with van der Waals surface area (Å²) in [4.78, 5) is 42.4. The van der Waals surface area contributed by atoms with E-state index in [0.717, 1.165) is 30.6 Å². The van der Waals surface area contributed by atoms with Crippen LogP contribution in [0.25, 0.3) is 0 Å². The minimum Gasteiger partial charge on any atom is -0.493 e. The second kappa shape index (κ2) is 7.75. The first kappa shape index (κ1) is 21.2. The highest BCUT2D eigenvalue weighted by atomic mass is 32.2. The number of imide groups is 1.